The molecule has 2 rings (SSSR count). The molecule has 1 saturated heterocycles. The van der Waals surface area contributed by atoms with Crippen LogP contribution in [0.4, 0.5) is 4.79 Å². The molecule has 1 aliphatic rings. The van der Waals surface area contributed by atoms with Crippen LogP contribution in [0.1, 0.15) is 37.5 Å². The van der Waals surface area contributed by atoms with Crippen LogP contribution < -0.4 is 10.6 Å². The summed E-state index contributed by atoms with van der Waals surface area (Å²) >= 11 is 1.69. The van der Waals surface area contributed by atoms with Gasteiger partial charge in [-0.3, -0.25) is 4.79 Å². The highest BCUT2D eigenvalue weighted by molar-refractivity contribution is 7.09. The third-order valence-corrected chi connectivity index (χ3v) is 4.79. The zero-order valence-corrected chi connectivity index (χ0v) is 14.0. The van der Waals surface area contributed by atoms with Crippen molar-refractivity contribution in [2.75, 3.05) is 19.6 Å². The first-order valence-corrected chi connectivity index (χ1v) is 8.91. The van der Waals surface area contributed by atoms with Gasteiger partial charge < -0.3 is 15.5 Å². The Balaban J connectivity index is 1.64. The summed E-state index contributed by atoms with van der Waals surface area (Å²) in [5, 5.41) is 8.02. The molecular formula is C16H25N3O2S. The van der Waals surface area contributed by atoms with Crippen molar-refractivity contribution >= 4 is 23.3 Å². The molecule has 5 nitrogen and oxygen atoms in total. The maximum Gasteiger partial charge on any atom is 0.317 e. The Labute approximate surface area is 136 Å². The zero-order valence-electron chi connectivity index (χ0n) is 13.1. The molecule has 0 atom stereocenters. The number of piperidine rings is 1. The van der Waals surface area contributed by atoms with Crippen LogP contribution in [0.3, 0.4) is 0 Å². The van der Waals surface area contributed by atoms with E-state index in [-0.39, 0.29) is 18.0 Å². The summed E-state index contributed by atoms with van der Waals surface area (Å²) in [6, 6.07) is 4.29. The molecule has 1 fully saturated rings. The van der Waals surface area contributed by atoms with E-state index in [1.165, 1.54) is 4.88 Å². The minimum Gasteiger partial charge on any atom is -0.353 e. The predicted octanol–water partition coefficient (Wildman–Crippen LogP) is 2.38. The Hall–Kier alpha value is -1.56. The van der Waals surface area contributed by atoms with Gasteiger partial charge in [0.1, 0.15) is 0 Å². The smallest absolute Gasteiger partial charge is 0.317 e. The fourth-order valence-corrected chi connectivity index (χ4v) is 3.27. The van der Waals surface area contributed by atoms with Crippen molar-refractivity contribution in [2.24, 2.45) is 0 Å². The van der Waals surface area contributed by atoms with E-state index < -0.39 is 0 Å². The normalized spacial score (nSPS) is 15.6. The van der Waals surface area contributed by atoms with Gasteiger partial charge in [0.05, 0.1) is 0 Å². The lowest BCUT2D eigenvalue weighted by atomic mass is 10.0. The summed E-state index contributed by atoms with van der Waals surface area (Å²) in [5.41, 5.74) is 0. The maximum atomic E-state index is 12.0. The molecule has 1 aromatic heterocycles. The highest BCUT2D eigenvalue weighted by atomic mass is 32.1. The number of carbonyl (C=O) groups excluding carboxylic acids is 2. The molecule has 22 heavy (non-hydrogen) atoms. The molecule has 0 bridgehead atoms. The van der Waals surface area contributed by atoms with Crippen LogP contribution in [0.2, 0.25) is 0 Å². The molecule has 0 unspecified atom stereocenters. The van der Waals surface area contributed by atoms with Gasteiger partial charge in [-0.15, -0.1) is 11.3 Å². The van der Waals surface area contributed by atoms with E-state index in [0.29, 0.717) is 19.5 Å². The number of aryl methyl sites for hydroxylation is 1. The molecule has 122 valence electrons. The summed E-state index contributed by atoms with van der Waals surface area (Å²) in [6.07, 6.45) is 3.97. The Morgan fingerprint density at radius 2 is 2.14 bits per heavy atom. The Morgan fingerprint density at radius 3 is 2.77 bits per heavy atom. The van der Waals surface area contributed by atoms with Gasteiger partial charge in [0, 0.05) is 37.0 Å². The molecule has 2 N–H and O–H groups in total. The predicted molar refractivity (Wildman–Crippen MR) is 89.1 cm³/mol. The van der Waals surface area contributed by atoms with Gasteiger partial charge in [0.25, 0.3) is 0 Å². The van der Waals surface area contributed by atoms with Crippen molar-refractivity contribution < 1.29 is 9.59 Å². The van der Waals surface area contributed by atoms with Crippen molar-refractivity contribution in [1.82, 2.24) is 15.5 Å². The number of nitrogens with one attached hydrogen (secondary N) is 2. The van der Waals surface area contributed by atoms with Crippen LogP contribution in [-0.4, -0.2) is 42.5 Å². The third kappa shape index (κ3) is 5.33. The van der Waals surface area contributed by atoms with E-state index in [1.54, 1.807) is 11.3 Å². The molecule has 3 amide bonds. The average molecular weight is 323 g/mol. The SMILES string of the molecule is CCCNC(=O)N1CCC(NC(=O)CCc2cccs2)CC1. The van der Waals surface area contributed by atoms with Gasteiger partial charge in [0.2, 0.25) is 5.91 Å². The first kappa shape index (κ1) is 16.8. The molecule has 6 heteroatoms. The number of urea groups is 1. The number of likely N-dealkylation sites (tertiary alicyclic amines) is 1. The minimum atomic E-state index is 0.0179. The lowest BCUT2D eigenvalue weighted by Gasteiger charge is -2.32. The summed E-state index contributed by atoms with van der Waals surface area (Å²) in [7, 11) is 0. The largest absolute Gasteiger partial charge is 0.353 e. The van der Waals surface area contributed by atoms with Crippen molar-refractivity contribution in [3.05, 3.63) is 22.4 Å². The summed E-state index contributed by atoms with van der Waals surface area (Å²) in [4.78, 5) is 26.9. The minimum absolute atomic E-state index is 0.0179. The van der Waals surface area contributed by atoms with Gasteiger partial charge >= 0.3 is 6.03 Å². The highest BCUT2D eigenvalue weighted by Gasteiger charge is 2.23. The van der Waals surface area contributed by atoms with Crippen LogP contribution in [0.25, 0.3) is 0 Å². The number of rotatable bonds is 6. The number of thiophene rings is 1. The highest BCUT2D eigenvalue weighted by Crippen LogP contribution is 2.13. The fourth-order valence-electron chi connectivity index (χ4n) is 2.56. The monoisotopic (exact) mass is 323 g/mol. The van der Waals surface area contributed by atoms with E-state index in [4.69, 9.17) is 0 Å². The van der Waals surface area contributed by atoms with Gasteiger partial charge in [-0.05, 0) is 37.1 Å². The quantitative estimate of drug-likeness (QED) is 0.844. The Morgan fingerprint density at radius 1 is 1.36 bits per heavy atom. The van der Waals surface area contributed by atoms with Crippen LogP contribution in [-0.2, 0) is 11.2 Å². The Kier molecular flexibility index (Phi) is 6.71. The number of hydrogen-bond donors (Lipinski definition) is 2. The van der Waals surface area contributed by atoms with Crippen molar-refractivity contribution in [1.29, 1.82) is 0 Å². The van der Waals surface area contributed by atoms with Crippen LogP contribution >= 0.6 is 11.3 Å². The van der Waals surface area contributed by atoms with E-state index in [2.05, 4.69) is 16.7 Å². The van der Waals surface area contributed by atoms with Crippen molar-refractivity contribution in [2.45, 2.75) is 45.1 Å². The molecule has 2 heterocycles. The Bertz CT molecular complexity index is 468. The van der Waals surface area contributed by atoms with Crippen LogP contribution in [0.5, 0.6) is 0 Å². The summed E-state index contributed by atoms with van der Waals surface area (Å²) in [6.45, 7) is 4.19. The second-order valence-electron chi connectivity index (χ2n) is 5.64. The molecule has 0 saturated carbocycles. The van der Waals surface area contributed by atoms with Crippen molar-refractivity contribution in [3.8, 4) is 0 Å². The lowest BCUT2D eigenvalue weighted by Crippen LogP contribution is -2.49. The van der Waals surface area contributed by atoms with E-state index in [0.717, 1.165) is 32.2 Å². The molecule has 1 aromatic rings. The van der Waals surface area contributed by atoms with Gasteiger partial charge in [-0.1, -0.05) is 13.0 Å². The standard InChI is InChI=1S/C16H25N3O2S/c1-2-9-17-16(21)19-10-7-13(8-11-19)18-15(20)6-5-14-4-3-12-22-14/h3-4,12-13H,2,5-11H2,1H3,(H,17,21)(H,18,20). The van der Waals surface area contributed by atoms with Crippen LogP contribution in [0, 0.1) is 0 Å². The first-order chi connectivity index (χ1) is 10.7. The summed E-state index contributed by atoms with van der Waals surface area (Å²) < 4.78 is 0. The molecule has 0 radical (unpaired) electrons. The van der Waals surface area contributed by atoms with E-state index >= 15 is 0 Å². The number of amides is 3. The van der Waals surface area contributed by atoms with Gasteiger partial charge in [-0.25, -0.2) is 4.79 Å². The number of nitrogens with zero attached hydrogens (tertiary/aromatic N) is 1. The van der Waals surface area contributed by atoms with Gasteiger partial charge in [0.15, 0.2) is 0 Å². The third-order valence-electron chi connectivity index (χ3n) is 3.85. The number of hydrogen-bond acceptors (Lipinski definition) is 3. The fraction of sp³-hybridized carbons (Fsp3) is 0.625. The van der Waals surface area contributed by atoms with E-state index in [9.17, 15) is 9.59 Å². The van der Waals surface area contributed by atoms with Crippen molar-refractivity contribution in [3.63, 3.8) is 0 Å². The van der Waals surface area contributed by atoms with Gasteiger partial charge in [-0.2, -0.15) is 0 Å². The second-order valence-corrected chi connectivity index (χ2v) is 6.67. The summed E-state index contributed by atoms with van der Waals surface area (Å²) in [5.74, 6) is 0.113. The topological polar surface area (TPSA) is 61.4 Å². The second kappa shape index (κ2) is 8.78. The molecule has 1 aliphatic heterocycles. The number of carbonyl (C=O) groups is 2. The molecule has 0 aliphatic carbocycles. The molecular weight excluding hydrogens is 298 g/mol. The molecule has 0 aromatic carbocycles. The first-order valence-electron chi connectivity index (χ1n) is 8.03. The van der Waals surface area contributed by atoms with E-state index in [1.807, 2.05) is 23.3 Å². The average Bonchev–Trinajstić information content (AvgIpc) is 3.05. The lowest BCUT2D eigenvalue weighted by molar-refractivity contribution is -0.122. The zero-order chi connectivity index (χ0) is 15.8. The molecule has 0 spiro atoms. The van der Waals surface area contributed by atoms with Crippen LogP contribution in [0.15, 0.2) is 17.5 Å². The maximum absolute atomic E-state index is 12.0.